The number of benzene rings is 2. The van der Waals surface area contributed by atoms with Crippen LogP contribution in [0.5, 0.6) is 0 Å². The molecule has 1 saturated heterocycles. The molecule has 2 aromatic carbocycles. The summed E-state index contributed by atoms with van der Waals surface area (Å²) in [5.41, 5.74) is 4.39. The van der Waals surface area contributed by atoms with Gasteiger partial charge in [0.05, 0.1) is 12.7 Å². The topological polar surface area (TPSA) is 12.5 Å². The number of hydrogen-bond donors (Lipinski definition) is 0. The molecule has 1 aliphatic heterocycles. The molecule has 1 fully saturated rings. The van der Waals surface area contributed by atoms with E-state index in [-0.39, 0.29) is 18.5 Å². The van der Waals surface area contributed by atoms with Gasteiger partial charge < -0.3 is 9.64 Å². The van der Waals surface area contributed by atoms with Crippen LogP contribution in [0.1, 0.15) is 54.4 Å². The zero-order valence-corrected chi connectivity index (χ0v) is 18.2. The average molecular weight is 412 g/mol. The first-order chi connectivity index (χ1) is 13.8. The molecule has 0 N–H and O–H groups in total. The summed E-state index contributed by atoms with van der Waals surface area (Å²) < 4.78 is 6.20. The van der Waals surface area contributed by atoms with Crippen LogP contribution in [0.25, 0.3) is 0 Å². The number of aryl methyl sites for hydroxylation is 1. The Balaban J connectivity index is 0.00000240. The number of fused-ring (bicyclic) bond motifs is 1. The molecule has 0 aromatic heterocycles. The van der Waals surface area contributed by atoms with Gasteiger partial charge in [0.1, 0.15) is 0 Å². The highest BCUT2D eigenvalue weighted by Crippen LogP contribution is 2.36. The largest absolute Gasteiger partial charge is 0.369 e. The van der Waals surface area contributed by atoms with Crippen molar-refractivity contribution in [3.8, 4) is 0 Å². The standard InChI is InChI=1S/C26H33NO.ClH/c1-2-18-28-26-19-21(12-13-24-10-6-7-11-25(24)26)20-27-16-14-23(15-17-27)22-8-4-3-5-9-22;/h2-11,21,23,26H,1,12-20H2;1H/t21-,26-;/m0./s1. The van der Waals surface area contributed by atoms with E-state index in [0.29, 0.717) is 12.5 Å². The van der Waals surface area contributed by atoms with Gasteiger partial charge >= 0.3 is 0 Å². The van der Waals surface area contributed by atoms with Gasteiger partial charge in [-0.2, -0.15) is 0 Å². The Morgan fingerprint density at radius 1 is 0.966 bits per heavy atom. The van der Waals surface area contributed by atoms with E-state index in [0.717, 1.165) is 12.3 Å². The maximum absolute atomic E-state index is 6.20. The molecule has 2 nitrogen and oxygen atoms in total. The highest BCUT2D eigenvalue weighted by Gasteiger charge is 2.28. The lowest BCUT2D eigenvalue weighted by Crippen LogP contribution is -2.37. The molecule has 29 heavy (non-hydrogen) atoms. The molecule has 0 bridgehead atoms. The van der Waals surface area contributed by atoms with Crippen LogP contribution in [0.2, 0.25) is 0 Å². The number of rotatable bonds is 6. The van der Waals surface area contributed by atoms with E-state index in [1.165, 1.54) is 62.0 Å². The van der Waals surface area contributed by atoms with Crippen molar-refractivity contribution in [2.24, 2.45) is 5.92 Å². The van der Waals surface area contributed by atoms with Gasteiger partial charge in [-0.15, -0.1) is 19.0 Å². The first kappa shape index (κ1) is 22.1. The van der Waals surface area contributed by atoms with Gasteiger partial charge in [0.2, 0.25) is 0 Å². The average Bonchev–Trinajstić information content (AvgIpc) is 2.93. The Morgan fingerprint density at radius 2 is 1.69 bits per heavy atom. The highest BCUT2D eigenvalue weighted by molar-refractivity contribution is 5.85. The molecule has 2 atom stereocenters. The van der Waals surface area contributed by atoms with Gasteiger partial charge in [-0.3, -0.25) is 0 Å². The Labute approximate surface area is 182 Å². The predicted molar refractivity (Wildman–Crippen MR) is 124 cm³/mol. The van der Waals surface area contributed by atoms with E-state index in [1.54, 1.807) is 0 Å². The Kier molecular flexibility index (Phi) is 8.35. The number of ether oxygens (including phenoxy) is 1. The molecule has 0 unspecified atom stereocenters. The summed E-state index contributed by atoms with van der Waals surface area (Å²) in [5, 5.41) is 0. The number of hydrogen-bond acceptors (Lipinski definition) is 2. The first-order valence-electron chi connectivity index (χ1n) is 10.9. The van der Waals surface area contributed by atoms with E-state index in [2.05, 4.69) is 66.1 Å². The molecule has 4 rings (SSSR count). The van der Waals surface area contributed by atoms with Crippen LogP contribution in [-0.2, 0) is 11.2 Å². The van der Waals surface area contributed by atoms with Gasteiger partial charge in [-0.05, 0) is 73.7 Å². The van der Waals surface area contributed by atoms with Crippen molar-refractivity contribution in [1.82, 2.24) is 4.90 Å². The fourth-order valence-electron chi connectivity index (χ4n) is 5.03. The second-order valence-electron chi connectivity index (χ2n) is 8.44. The number of halogens is 1. The third-order valence-electron chi connectivity index (χ3n) is 6.56. The minimum absolute atomic E-state index is 0. The summed E-state index contributed by atoms with van der Waals surface area (Å²) in [6.45, 7) is 8.13. The molecule has 1 aliphatic carbocycles. The molecule has 2 aromatic rings. The van der Waals surface area contributed by atoms with Crippen molar-refractivity contribution >= 4 is 12.4 Å². The monoisotopic (exact) mass is 411 g/mol. The third-order valence-corrected chi connectivity index (χ3v) is 6.56. The van der Waals surface area contributed by atoms with Crippen LogP contribution >= 0.6 is 12.4 Å². The Morgan fingerprint density at radius 3 is 2.45 bits per heavy atom. The van der Waals surface area contributed by atoms with Crippen LogP contribution in [0.15, 0.2) is 67.3 Å². The molecule has 156 valence electrons. The van der Waals surface area contributed by atoms with Gasteiger partial charge in [-0.1, -0.05) is 60.7 Å². The maximum Gasteiger partial charge on any atom is 0.0835 e. The summed E-state index contributed by atoms with van der Waals surface area (Å²) in [5.74, 6) is 1.44. The summed E-state index contributed by atoms with van der Waals surface area (Å²) in [4.78, 5) is 2.70. The smallest absolute Gasteiger partial charge is 0.0835 e. The first-order valence-corrected chi connectivity index (χ1v) is 10.9. The Hall–Kier alpha value is -1.61. The van der Waals surface area contributed by atoms with E-state index in [1.807, 2.05) is 6.08 Å². The summed E-state index contributed by atoms with van der Waals surface area (Å²) in [6, 6.07) is 19.9. The zero-order chi connectivity index (χ0) is 19.2. The maximum atomic E-state index is 6.20. The van der Waals surface area contributed by atoms with Gasteiger partial charge in [0.15, 0.2) is 0 Å². The summed E-state index contributed by atoms with van der Waals surface area (Å²) in [7, 11) is 0. The van der Waals surface area contributed by atoms with E-state index in [4.69, 9.17) is 4.74 Å². The molecule has 0 spiro atoms. The predicted octanol–water partition coefficient (Wildman–Crippen LogP) is 6.18. The van der Waals surface area contributed by atoms with Crippen LogP contribution in [0.4, 0.5) is 0 Å². The van der Waals surface area contributed by atoms with E-state index >= 15 is 0 Å². The molecule has 0 radical (unpaired) electrons. The lowest BCUT2D eigenvalue weighted by molar-refractivity contribution is 0.0480. The third kappa shape index (κ3) is 5.72. The second-order valence-corrected chi connectivity index (χ2v) is 8.44. The van der Waals surface area contributed by atoms with Crippen molar-refractivity contribution in [2.75, 3.05) is 26.2 Å². The number of nitrogens with zero attached hydrogens (tertiary/aromatic N) is 1. The van der Waals surface area contributed by atoms with E-state index < -0.39 is 0 Å². The highest BCUT2D eigenvalue weighted by atomic mass is 35.5. The second kappa shape index (κ2) is 11.0. The zero-order valence-electron chi connectivity index (χ0n) is 17.3. The fourth-order valence-corrected chi connectivity index (χ4v) is 5.03. The summed E-state index contributed by atoms with van der Waals surface area (Å²) >= 11 is 0. The SMILES string of the molecule is C=CCO[C@H]1C[C@@H](CN2CCC(c3ccccc3)CC2)CCc2ccccc21.Cl. The molecule has 1 heterocycles. The van der Waals surface area contributed by atoms with Crippen LogP contribution < -0.4 is 0 Å². The van der Waals surface area contributed by atoms with Crippen molar-refractivity contribution in [3.63, 3.8) is 0 Å². The van der Waals surface area contributed by atoms with Crippen LogP contribution in [-0.4, -0.2) is 31.1 Å². The molecule has 0 amide bonds. The molecule has 0 saturated carbocycles. The fraction of sp³-hybridized carbons (Fsp3) is 0.462. The molecule has 3 heteroatoms. The summed E-state index contributed by atoms with van der Waals surface area (Å²) in [6.07, 6.45) is 8.23. The van der Waals surface area contributed by atoms with Gasteiger partial charge in [-0.25, -0.2) is 0 Å². The minimum Gasteiger partial charge on any atom is -0.369 e. The van der Waals surface area contributed by atoms with Gasteiger partial charge in [0, 0.05) is 6.54 Å². The van der Waals surface area contributed by atoms with Crippen LogP contribution in [0.3, 0.4) is 0 Å². The quantitative estimate of drug-likeness (QED) is 0.415. The lowest BCUT2D eigenvalue weighted by atomic mass is 9.88. The van der Waals surface area contributed by atoms with Crippen molar-refractivity contribution in [2.45, 2.75) is 44.1 Å². The van der Waals surface area contributed by atoms with E-state index in [9.17, 15) is 0 Å². The number of likely N-dealkylation sites (tertiary alicyclic amines) is 1. The molecular weight excluding hydrogens is 378 g/mol. The normalized spacial score (nSPS) is 22.9. The minimum atomic E-state index is 0. The molecule has 2 aliphatic rings. The van der Waals surface area contributed by atoms with Crippen molar-refractivity contribution < 1.29 is 4.74 Å². The number of piperidine rings is 1. The van der Waals surface area contributed by atoms with Crippen molar-refractivity contribution in [1.29, 1.82) is 0 Å². The lowest BCUT2D eigenvalue weighted by Gasteiger charge is -2.35. The molecular formula is C26H34ClNO. The van der Waals surface area contributed by atoms with Crippen molar-refractivity contribution in [3.05, 3.63) is 83.9 Å². The Bertz CT molecular complexity index is 754. The van der Waals surface area contributed by atoms with Crippen LogP contribution in [0, 0.1) is 5.92 Å². The van der Waals surface area contributed by atoms with Gasteiger partial charge in [0.25, 0.3) is 0 Å².